The Hall–Kier alpha value is -3.26. The molecule has 2 aromatic rings. The van der Waals surface area contributed by atoms with Gasteiger partial charge in [0.1, 0.15) is 18.0 Å². The smallest absolute Gasteiger partial charge is 0.410 e. The van der Waals surface area contributed by atoms with Crippen LogP contribution in [-0.4, -0.2) is 80.8 Å². The summed E-state index contributed by atoms with van der Waals surface area (Å²) in [6.45, 7) is 11.7. The molecule has 0 unspecified atom stereocenters. The molecule has 0 radical (unpaired) electrons. The number of carbonyl (C=O) groups is 2. The maximum atomic E-state index is 12.8. The van der Waals surface area contributed by atoms with Crippen LogP contribution in [0.25, 0.3) is 0 Å². The highest BCUT2D eigenvalue weighted by atomic mass is 16.6. The second kappa shape index (κ2) is 11.4. The van der Waals surface area contributed by atoms with Crippen molar-refractivity contribution in [2.45, 2.75) is 33.3 Å². The standard InChI is InChI=1S/C27H38N4O4/c1-20-19-23(34-18-17-29(5)6)11-12-24(20)28-25(32)21-7-9-22(10-8-21)30-13-15-31(16-14-30)26(33)35-27(2,3)4/h7-12,19H,13-18H2,1-6H3,(H,28,32). The highest BCUT2D eigenvalue weighted by Gasteiger charge is 2.26. The van der Waals surface area contributed by atoms with Gasteiger partial charge in [-0.25, -0.2) is 4.79 Å². The highest BCUT2D eigenvalue weighted by molar-refractivity contribution is 6.04. The number of aryl methyl sites for hydroxylation is 1. The van der Waals surface area contributed by atoms with Crippen molar-refractivity contribution in [1.29, 1.82) is 0 Å². The molecule has 0 saturated carbocycles. The van der Waals surface area contributed by atoms with Gasteiger partial charge < -0.3 is 29.5 Å². The summed E-state index contributed by atoms with van der Waals surface area (Å²) in [5.74, 6) is 0.633. The monoisotopic (exact) mass is 482 g/mol. The van der Waals surface area contributed by atoms with E-state index in [1.54, 1.807) is 4.90 Å². The zero-order valence-corrected chi connectivity index (χ0v) is 21.8. The maximum absolute atomic E-state index is 12.8. The predicted octanol–water partition coefficient (Wildman–Crippen LogP) is 4.24. The zero-order chi connectivity index (χ0) is 25.6. The average molecular weight is 483 g/mol. The number of hydrogen-bond donors (Lipinski definition) is 1. The van der Waals surface area contributed by atoms with E-state index in [-0.39, 0.29) is 12.0 Å². The van der Waals surface area contributed by atoms with E-state index in [0.717, 1.165) is 29.2 Å². The fraction of sp³-hybridized carbons (Fsp3) is 0.481. The number of rotatable bonds is 7. The Kier molecular flexibility index (Phi) is 8.62. The molecule has 1 aliphatic rings. The second-order valence-electron chi connectivity index (χ2n) is 10.1. The molecule has 0 aliphatic carbocycles. The Morgan fingerprint density at radius 2 is 1.66 bits per heavy atom. The molecule has 1 aliphatic heterocycles. The molecule has 1 saturated heterocycles. The summed E-state index contributed by atoms with van der Waals surface area (Å²) in [6.07, 6.45) is -0.271. The molecule has 1 N–H and O–H groups in total. The first-order chi connectivity index (χ1) is 16.5. The fourth-order valence-electron chi connectivity index (χ4n) is 3.70. The zero-order valence-electron chi connectivity index (χ0n) is 21.8. The first-order valence-electron chi connectivity index (χ1n) is 12.0. The van der Waals surface area contributed by atoms with Gasteiger partial charge in [0, 0.05) is 49.7 Å². The molecule has 0 atom stereocenters. The quantitative estimate of drug-likeness (QED) is 0.636. The van der Waals surface area contributed by atoms with Crippen molar-refractivity contribution in [2.24, 2.45) is 0 Å². The number of piperazine rings is 1. The second-order valence-corrected chi connectivity index (χ2v) is 10.1. The van der Waals surface area contributed by atoms with Gasteiger partial charge in [-0.05, 0) is 89.8 Å². The Balaban J connectivity index is 1.53. The minimum Gasteiger partial charge on any atom is -0.492 e. The molecule has 3 rings (SSSR count). The van der Waals surface area contributed by atoms with Crippen LogP contribution < -0.4 is 15.0 Å². The van der Waals surface area contributed by atoms with E-state index in [1.807, 2.05) is 84.3 Å². The molecule has 0 spiro atoms. The molecule has 2 aromatic carbocycles. The summed E-state index contributed by atoms with van der Waals surface area (Å²) >= 11 is 0. The normalized spacial score (nSPS) is 14.1. The Bertz CT molecular complexity index is 1010. The van der Waals surface area contributed by atoms with Crippen LogP contribution in [0.2, 0.25) is 0 Å². The van der Waals surface area contributed by atoms with E-state index in [0.29, 0.717) is 38.3 Å². The Labute approximate surface area is 208 Å². The van der Waals surface area contributed by atoms with Crippen LogP contribution in [-0.2, 0) is 4.74 Å². The minimum atomic E-state index is -0.495. The molecule has 1 fully saturated rings. The number of benzene rings is 2. The van der Waals surface area contributed by atoms with Crippen molar-refractivity contribution in [3.63, 3.8) is 0 Å². The minimum absolute atomic E-state index is 0.157. The van der Waals surface area contributed by atoms with Crippen LogP contribution >= 0.6 is 0 Å². The third-order valence-electron chi connectivity index (χ3n) is 5.68. The van der Waals surface area contributed by atoms with E-state index in [2.05, 4.69) is 15.1 Å². The lowest BCUT2D eigenvalue weighted by atomic mass is 10.1. The Morgan fingerprint density at radius 1 is 1.00 bits per heavy atom. The highest BCUT2D eigenvalue weighted by Crippen LogP contribution is 2.23. The number of likely N-dealkylation sites (N-methyl/N-ethyl adjacent to an activating group) is 1. The van der Waals surface area contributed by atoms with E-state index in [1.165, 1.54) is 0 Å². The third kappa shape index (κ3) is 7.89. The summed E-state index contributed by atoms with van der Waals surface area (Å²) < 4.78 is 11.2. The van der Waals surface area contributed by atoms with Gasteiger partial charge in [0.05, 0.1) is 0 Å². The van der Waals surface area contributed by atoms with Crippen molar-refractivity contribution in [1.82, 2.24) is 9.80 Å². The molecule has 0 bridgehead atoms. The van der Waals surface area contributed by atoms with Crippen molar-refractivity contribution in [3.8, 4) is 5.75 Å². The van der Waals surface area contributed by atoms with Gasteiger partial charge >= 0.3 is 6.09 Å². The number of amides is 2. The van der Waals surface area contributed by atoms with Crippen LogP contribution in [0.3, 0.4) is 0 Å². The molecule has 2 amide bonds. The third-order valence-corrected chi connectivity index (χ3v) is 5.68. The van der Waals surface area contributed by atoms with Gasteiger partial charge in [-0.3, -0.25) is 4.79 Å². The van der Waals surface area contributed by atoms with Crippen LogP contribution in [0, 0.1) is 6.92 Å². The maximum Gasteiger partial charge on any atom is 0.410 e. The van der Waals surface area contributed by atoms with E-state index in [4.69, 9.17) is 9.47 Å². The lowest BCUT2D eigenvalue weighted by molar-refractivity contribution is 0.0240. The van der Waals surface area contributed by atoms with E-state index >= 15 is 0 Å². The molecular weight excluding hydrogens is 444 g/mol. The molecule has 0 aromatic heterocycles. The summed E-state index contributed by atoms with van der Waals surface area (Å²) in [7, 11) is 4.01. The molecule has 190 valence electrons. The number of carbonyl (C=O) groups excluding carboxylic acids is 2. The summed E-state index contributed by atoms with van der Waals surface area (Å²) in [6, 6.07) is 13.2. The SMILES string of the molecule is Cc1cc(OCCN(C)C)ccc1NC(=O)c1ccc(N2CCN(C(=O)OC(C)(C)C)CC2)cc1. The van der Waals surface area contributed by atoms with Crippen LogP contribution in [0.15, 0.2) is 42.5 Å². The summed E-state index contributed by atoms with van der Waals surface area (Å²) in [4.78, 5) is 31.1. The van der Waals surface area contributed by atoms with Crippen molar-refractivity contribution in [3.05, 3.63) is 53.6 Å². The number of anilines is 2. The van der Waals surface area contributed by atoms with Crippen molar-refractivity contribution >= 4 is 23.4 Å². The van der Waals surface area contributed by atoms with Crippen LogP contribution in [0.1, 0.15) is 36.7 Å². The molecule has 8 nitrogen and oxygen atoms in total. The first kappa shape index (κ1) is 26.3. The van der Waals surface area contributed by atoms with E-state index < -0.39 is 5.60 Å². The van der Waals surface area contributed by atoms with Crippen LogP contribution in [0.5, 0.6) is 5.75 Å². The van der Waals surface area contributed by atoms with Gasteiger partial charge in [0.25, 0.3) is 5.91 Å². The topological polar surface area (TPSA) is 74.4 Å². The van der Waals surface area contributed by atoms with Gasteiger partial charge in [-0.2, -0.15) is 0 Å². The van der Waals surface area contributed by atoms with Gasteiger partial charge in [0.2, 0.25) is 0 Å². The van der Waals surface area contributed by atoms with Gasteiger partial charge in [-0.15, -0.1) is 0 Å². The largest absolute Gasteiger partial charge is 0.492 e. The lowest BCUT2D eigenvalue weighted by Crippen LogP contribution is -2.50. The fourth-order valence-corrected chi connectivity index (χ4v) is 3.70. The lowest BCUT2D eigenvalue weighted by Gasteiger charge is -2.36. The molecular formula is C27H38N4O4. The molecule has 1 heterocycles. The number of ether oxygens (including phenoxy) is 2. The van der Waals surface area contributed by atoms with Crippen molar-refractivity contribution in [2.75, 3.05) is 63.6 Å². The number of nitrogens with one attached hydrogen (secondary N) is 1. The molecule has 8 heteroatoms. The van der Waals surface area contributed by atoms with Gasteiger partial charge in [0.15, 0.2) is 0 Å². The first-order valence-corrected chi connectivity index (χ1v) is 12.0. The van der Waals surface area contributed by atoms with Crippen LogP contribution in [0.4, 0.5) is 16.2 Å². The Morgan fingerprint density at radius 3 is 2.23 bits per heavy atom. The van der Waals surface area contributed by atoms with E-state index in [9.17, 15) is 9.59 Å². The number of nitrogens with zero attached hydrogens (tertiary/aromatic N) is 3. The van der Waals surface area contributed by atoms with Crippen molar-refractivity contribution < 1.29 is 19.1 Å². The summed E-state index contributed by atoms with van der Waals surface area (Å²) in [5.41, 5.74) is 2.83. The summed E-state index contributed by atoms with van der Waals surface area (Å²) in [5, 5.41) is 2.99. The molecule has 35 heavy (non-hydrogen) atoms. The number of hydrogen-bond acceptors (Lipinski definition) is 6. The van der Waals surface area contributed by atoms with Gasteiger partial charge in [-0.1, -0.05) is 0 Å². The predicted molar refractivity (Wildman–Crippen MR) is 140 cm³/mol. The average Bonchev–Trinajstić information content (AvgIpc) is 2.79.